The molecule has 0 aromatic carbocycles. The molecule has 2 saturated carbocycles. The van der Waals surface area contributed by atoms with Crippen molar-refractivity contribution in [1.29, 1.82) is 0 Å². The highest BCUT2D eigenvalue weighted by Crippen LogP contribution is 2.31. The summed E-state index contributed by atoms with van der Waals surface area (Å²) < 4.78 is 12.4. The van der Waals surface area contributed by atoms with E-state index in [2.05, 4.69) is 25.8 Å². The smallest absolute Gasteiger partial charge is 0.306 e. The standard InChI is InChI=1S/C50H95NO6S2/c1-4-6-8-10-12-14-22-36-49(54)56-45(41-58-47-32-18-16-19-33-47)30-26-24-28-43(51(3)39-38-44(53)40-52)29-25-27-31-46(42-59-48-34-20-17-21-35-48)57-50(55)37-23-15-13-11-9-7-5-2/h43-48,52-53H,4-42H2,1-3H3. The number of ether oxygens (including phenoxy) is 2. The van der Waals surface area contributed by atoms with E-state index >= 15 is 0 Å². The average Bonchev–Trinajstić information content (AvgIpc) is 3.25. The van der Waals surface area contributed by atoms with Crippen molar-refractivity contribution in [3.8, 4) is 0 Å². The van der Waals surface area contributed by atoms with Crippen LogP contribution in [0.4, 0.5) is 0 Å². The van der Waals surface area contributed by atoms with Gasteiger partial charge < -0.3 is 24.6 Å². The molecule has 2 fully saturated rings. The second-order valence-electron chi connectivity index (χ2n) is 18.5. The number of hydrogen-bond donors (Lipinski definition) is 2. The van der Waals surface area contributed by atoms with Crippen molar-refractivity contribution >= 4 is 35.5 Å². The van der Waals surface area contributed by atoms with Crippen LogP contribution in [0.1, 0.15) is 239 Å². The van der Waals surface area contributed by atoms with Gasteiger partial charge in [0.25, 0.3) is 0 Å². The second kappa shape index (κ2) is 38.0. The first kappa shape index (κ1) is 54.7. The molecule has 2 aliphatic rings. The van der Waals surface area contributed by atoms with E-state index in [9.17, 15) is 19.8 Å². The number of aliphatic hydroxyl groups excluding tert-OH is 2. The predicted octanol–water partition coefficient (Wildman–Crippen LogP) is 13.4. The fraction of sp³-hybridized carbons (Fsp3) is 0.960. The van der Waals surface area contributed by atoms with Crippen LogP contribution >= 0.6 is 23.5 Å². The van der Waals surface area contributed by atoms with Crippen LogP contribution in [0.2, 0.25) is 0 Å². The van der Waals surface area contributed by atoms with Crippen molar-refractivity contribution in [2.75, 3.05) is 31.7 Å². The van der Waals surface area contributed by atoms with E-state index in [4.69, 9.17) is 9.47 Å². The lowest BCUT2D eigenvalue weighted by Crippen LogP contribution is -2.34. The van der Waals surface area contributed by atoms with Crippen molar-refractivity contribution in [2.24, 2.45) is 0 Å². The van der Waals surface area contributed by atoms with Crippen LogP contribution in [-0.2, 0) is 19.1 Å². The molecule has 2 rings (SSSR count). The van der Waals surface area contributed by atoms with E-state index in [1.165, 1.54) is 128 Å². The van der Waals surface area contributed by atoms with Crippen molar-refractivity contribution in [2.45, 2.75) is 273 Å². The number of esters is 2. The summed E-state index contributed by atoms with van der Waals surface area (Å²) in [4.78, 5) is 28.4. The summed E-state index contributed by atoms with van der Waals surface area (Å²) in [6, 6.07) is 0.380. The van der Waals surface area contributed by atoms with Gasteiger partial charge in [-0.1, -0.05) is 142 Å². The van der Waals surface area contributed by atoms with Gasteiger partial charge in [0.2, 0.25) is 0 Å². The molecule has 0 radical (unpaired) electrons. The van der Waals surface area contributed by atoms with Crippen LogP contribution in [0.5, 0.6) is 0 Å². The Bertz CT molecular complexity index is 911. The normalized spacial score (nSPS) is 17.5. The molecular formula is C50H95NO6S2. The molecule has 0 saturated heterocycles. The largest absolute Gasteiger partial charge is 0.461 e. The summed E-state index contributed by atoms with van der Waals surface area (Å²) >= 11 is 4.09. The number of nitrogens with zero attached hydrogens (tertiary/aromatic N) is 1. The van der Waals surface area contributed by atoms with Crippen molar-refractivity contribution in [3.05, 3.63) is 0 Å². The summed E-state index contributed by atoms with van der Waals surface area (Å²) in [5, 5.41) is 21.0. The molecule has 0 aliphatic heterocycles. The third-order valence-corrected chi connectivity index (χ3v) is 16.0. The zero-order valence-electron chi connectivity index (χ0n) is 38.8. The van der Waals surface area contributed by atoms with Crippen LogP contribution < -0.4 is 0 Å². The number of carbonyl (C=O) groups excluding carboxylic acids is 2. The summed E-state index contributed by atoms with van der Waals surface area (Å²) in [5.74, 6) is 1.82. The number of unbranched alkanes of at least 4 members (excludes halogenated alkanes) is 14. The molecule has 7 nitrogen and oxygen atoms in total. The molecule has 59 heavy (non-hydrogen) atoms. The monoisotopic (exact) mass is 870 g/mol. The van der Waals surface area contributed by atoms with Gasteiger partial charge in [0, 0.05) is 47.4 Å². The summed E-state index contributed by atoms with van der Waals surface area (Å²) in [6.45, 7) is 5.05. The topological polar surface area (TPSA) is 96.3 Å². The maximum Gasteiger partial charge on any atom is 0.306 e. The van der Waals surface area contributed by atoms with E-state index in [0.717, 1.165) is 95.1 Å². The molecule has 0 aromatic rings. The molecule has 9 heteroatoms. The molecular weight excluding hydrogens is 775 g/mol. The minimum absolute atomic E-state index is 0.00761. The first-order chi connectivity index (χ1) is 28.8. The van der Waals surface area contributed by atoms with E-state index in [1.54, 1.807) is 0 Å². The second-order valence-corrected chi connectivity index (χ2v) is 21.1. The van der Waals surface area contributed by atoms with Crippen LogP contribution in [-0.4, -0.2) is 93.6 Å². The van der Waals surface area contributed by atoms with E-state index in [0.29, 0.717) is 35.8 Å². The lowest BCUT2D eigenvalue weighted by atomic mass is 9.99. The van der Waals surface area contributed by atoms with Gasteiger partial charge in [0.1, 0.15) is 12.2 Å². The van der Waals surface area contributed by atoms with Crippen LogP contribution in [0.15, 0.2) is 0 Å². The first-order valence-corrected chi connectivity index (χ1v) is 27.6. The third-order valence-electron chi connectivity index (χ3n) is 13.0. The number of rotatable bonds is 39. The lowest BCUT2D eigenvalue weighted by molar-refractivity contribution is -0.149. The number of aliphatic hydroxyl groups is 2. The quantitative estimate of drug-likeness (QED) is 0.0462. The zero-order valence-corrected chi connectivity index (χ0v) is 40.5. The Labute approximate surface area is 373 Å². The molecule has 0 heterocycles. The number of carbonyl (C=O) groups is 2. The van der Waals surface area contributed by atoms with E-state index in [-0.39, 0.29) is 30.8 Å². The van der Waals surface area contributed by atoms with Gasteiger partial charge in [-0.15, -0.1) is 0 Å². The summed E-state index contributed by atoms with van der Waals surface area (Å²) in [6.07, 6.45) is 39.2. The maximum atomic E-state index is 13.0. The Hall–Kier alpha value is -0.480. The fourth-order valence-electron chi connectivity index (χ4n) is 8.96. The summed E-state index contributed by atoms with van der Waals surface area (Å²) in [7, 11) is 2.17. The molecule has 0 amide bonds. The average molecular weight is 870 g/mol. The summed E-state index contributed by atoms with van der Waals surface area (Å²) in [5.41, 5.74) is 0. The molecule has 3 atom stereocenters. The maximum absolute atomic E-state index is 13.0. The Balaban J connectivity index is 1.89. The van der Waals surface area contributed by atoms with Crippen LogP contribution in [0, 0.1) is 0 Å². The van der Waals surface area contributed by atoms with Gasteiger partial charge in [-0.2, -0.15) is 23.5 Å². The number of thioether (sulfide) groups is 2. The van der Waals surface area contributed by atoms with Gasteiger partial charge >= 0.3 is 11.9 Å². The Morgan fingerprint density at radius 2 is 0.949 bits per heavy atom. The molecule has 348 valence electrons. The highest BCUT2D eigenvalue weighted by Gasteiger charge is 2.23. The van der Waals surface area contributed by atoms with E-state index < -0.39 is 6.10 Å². The minimum atomic E-state index is -0.686. The van der Waals surface area contributed by atoms with Crippen molar-refractivity contribution in [3.63, 3.8) is 0 Å². The van der Waals surface area contributed by atoms with Crippen molar-refractivity contribution < 1.29 is 29.3 Å². The SMILES string of the molecule is CCCCCCCCCC(=O)OC(CCCCC(CCCCC(CSC1CCCCC1)OC(=O)CCCCCCCCC)N(C)CCC(O)CO)CSC1CCCCC1. The molecule has 2 N–H and O–H groups in total. The van der Waals surface area contributed by atoms with E-state index in [1.807, 2.05) is 23.5 Å². The predicted molar refractivity (Wildman–Crippen MR) is 255 cm³/mol. The van der Waals surface area contributed by atoms with Crippen LogP contribution in [0.25, 0.3) is 0 Å². The van der Waals surface area contributed by atoms with Gasteiger partial charge in [0.15, 0.2) is 0 Å². The van der Waals surface area contributed by atoms with Gasteiger partial charge in [-0.25, -0.2) is 0 Å². The Morgan fingerprint density at radius 3 is 1.36 bits per heavy atom. The molecule has 0 spiro atoms. The number of hydrogen-bond acceptors (Lipinski definition) is 9. The van der Waals surface area contributed by atoms with Gasteiger partial charge in [0.05, 0.1) is 12.7 Å². The third kappa shape index (κ3) is 30.3. The zero-order chi connectivity index (χ0) is 42.6. The lowest BCUT2D eigenvalue weighted by Gasteiger charge is -2.29. The van der Waals surface area contributed by atoms with Crippen molar-refractivity contribution in [1.82, 2.24) is 4.90 Å². The van der Waals surface area contributed by atoms with Crippen LogP contribution in [0.3, 0.4) is 0 Å². The molecule has 0 aromatic heterocycles. The first-order valence-electron chi connectivity index (χ1n) is 25.5. The highest BCUT2D eigenvalue weighted by atomic mass is 32.2. The Kier molecular flexibility index (Phi) is 35.2. The Morgan fingerprint density at radius 1 is 0.559 bits per heavy atom. The molecule has 0 bridgehead atoms. The molecule has 2 aliphatic carbocycles. The minimum Gasteiger partial charge on any atom is -0.461 e. The van der Waals surface area contributed by atoms with Gasteiger partial charge in [-0.05, 0) is 90.5 Å². The molecule has 3 unspecified atom stereocenters. The highest BCUT2D eigenvalue weighted by molar-refractivity contribution is 8.00. The fourth-order valence-corrected chi connectivity index (χ4v) is 11.7. The van der Waals surface area contributed by atoms with Gasteiger partial charge in [-0.3, -0.25) is 9.59 Å².